The molecule has 0 aliphatic heterocycles. The number of aromatic nitrogens is 8. The second kappa shape index (κ2) is 26.9. The zero-order valence-corrected chi connectivity index (χ0v) is 70.3. The number of halogens is 4. The minimum atomic E-state index is 1.06. The molecule has 8 heterocycles. The average molecular weight is 1790 g/mol. The van der Waals surface area contributed by atoms with Crippen LogP contribution in [0.4, 0.5) is 0 Å². The molecule has 0 amide bonds. The largest absolute Gasteiger partial charge is 0.354 e. The van der Waals surface area contributed by atoms with Gasteiger partial charge >= 0.3 is 0 Å². The van der Waals surface area contributed by atoms with Crippen LogP contribution in [0, 0.1) is 0 Å². The lowest BCUT2D eigenvalue weighted by molar-refractivity contribution is 1.18. The molecular weight excluding hydrogens is 1730 g/mol. The zero-order valence-electron chi connectivity index (χ0n) is 63.9. The predicted octanol–water partition coefficient (Wildman–Crippen LogP) is 32.0. The van der Waals surface area contributed by atoms with E-state index in [-0.39, 0.29) is 0 Å². The fourth-order valence-electron chi connectivity index (χ4n) is 19.8. The summed E-state index contributed by atoms with van der Waals surface area (Å²) in [6.07, 6.45) is 0. The van der Waals surface area contributed by atoms with E-state index in [2.05, 4.69) is 466 Å². The minimum absolute atomic E-state index is 1.06. The third-order valence-corrected chi connectivity index (χ3v) is 26.8. The van der Waals surface area contributed by atoms with Crippen molar-refractivity contribution in [1.29, 1.82) is 0 Å². The molecule has 0 radical (unpaired) electrons. The highest BCUT2D eigenvalue weighted by atomic mass is 79.9. The molecule has 8 nitrogen and oxygen atoms in total. The molecule has 8 aromatic heterocycles. The van der Waals surface area contributed by atoms with Gasteiger partial charge in [-0.3, -0.25) is 0 Å². The van der Waals surface area contributed by atoms with Gasteiger partial charge < -0.3 is 38.2 Å². The number of hydrogen-bond acceptors (Lipinski definition) is 0. The van der Waals surface area contributed by atoms with Crippen molar-refractivity contribution in [1.82, 2.24) is 38.2 Å². The number of hydrogen-bond donors (Lipinski definition) is 4. The lowest BCUT2D eigenvalue weighted by Crippen LogP contribution is -1.96. The highest BCUT2D eigenvalue weighted by Gasteiger charge is 2.25. The first-order valence-electron chi connectivity index (χ1n) is 40.3. The van der Waals surface area contributed by atoms with E-state index in [0.29, 0.717) is 0 Å². The normalized spacial score (nSPS) is 12.2. The van der Waals surface area contributed by atoms with Crippen LogP contribution in [0.3, 0.4) is 0 Å². The Morgan fingerprint density at radius 3 is 0.675 bits per heavy atom. The maximum Gasteiger partial charge on any atom is 0.0546 e. The van der Waals surface area contributed by atoms with Crippen LogP contribution in [0.15, 0.2) is 382 Å². The van der Waals surface area contributed by atoms with Gasteiger partial charge in [0.05, 0.1) is 66.2 Å². The van der Waals surface area contributed by atoms with Gasteiger partial charge in [0, 0.05) is 171 Å². The lowest BCUT2D eigenvalue weighted by Gasteiger charge is -2.15. The van der Waals surface area contributed by atoms with Crippen molar-refractivity contribution in [2.24, 2.45) is 0 Å². The van der Waals surface area contributed by atoms with Gasteiger partial charge in [-0.05, 0) is 204 Å². The lowest BCUT2D eigenvalue weighted by atomic mass is 9.95. The van der Waals surface area contributed by atoms with Crippen molar-refractivity contribution in [2.75, 3.05) is 0 Å². The molecule has 0 bridgehead atoms. The van der Waals surface area contributed by atoms with Gasteiger partial charge in [0.15, 0.2) is 0 Å². The SMILES string of the molecule is Brc1ccc2[nH]c3c(-c4cccc(-c5cc(Br)cc6c5[nH]c5ccc(Br)cc56)c4)cc(Br)cc3c2c1.c1cc(-c2cc(-n3c4ccccc4c4ccccc43)cc3c2[nH]c2ccc(-n4c5ccccc5c5ccccc54)cc23)cc(-c2cc(-n3c4ccccc4c4ccccc43)cc3c2[nH]c2ccc(-n4c5ccccc5c5ccccc54)cc23)c1. The number of nitrogens with zero attached hydrogens (tertiary/aromatic N) is 4. The standard InChI is InChI=1S/C78H48N6.C30H16Br4N2/c1-9-28-69-53(20-1)54-21-2-10-29-70(54)81(69)49-36-38-67-63(41-49)65-45-51(83-73-32-13-5-24-57(73)58-25-6-14-33-74(58)83)43-61(77(65)79-67)47-18-17-19-48(40-47)62-44-52(84-75-34-15-7-26-59(75)60-27-8-16-35-76(60)84)46-66-64-42-50(37-39-68(64)80-78(62)66)82-71-30-11-3-22-55(71)56-23-4-12-31-72(56)82;31-17-4-6-27-23(9-17)25-13-19(33)11-21(29(25)35-27)15-2-1-3-16(8-15)22-12-20(34)14-26-24-10-18(32)5-7-28(24)36-30(22)26/h1-46,79-80H;1-14,35-36H. The first-order valence-corrected chi connectivity index (χ1v) is 43.4. The Labute approximate surface area is 719 Å². The van der Waals surface area contributed by atoms with Crippen molar-refractivity contribution >= 4 is 238 Å². The topological polar surface area (TPSA) is 82.9 Å². The second-order valence-electron chi connectivity index (χ2n) is 31.6. The smallest absolute Gasteiger partial charge is 0.0546 e. The number of nitrogens with one attached hydrogen (secondary N) is 4. The number of benzene rings is 18. The molecule has 26 aromatic rings. The van der Waals surface area contributed by atoms with Crippen molar-refractivity contribution in [3.8, 4) is 67.3 Å². The van der Waals surface area contributed by atoms with Crippen molar-refractivity contribution in [3.05, 3.63) is 382 Å². The van der Waals surface area contributed by atoms with Crippen LogP contribution in [0.25, 0.3) is 242 Å². The van der Waals surface area contributed by atoms with Crippen LogP contribution in [0.5, 0.6) is 0 Å². The number of rotatable bonds is 8. The minimum Gasteiger partial charge on any atom is -0.354 e. The first kappa shape index (κ1) is 69.4. The van der Waals surface area contributed by atoms with E-state index >= 15 is 0 Å². The van der Waals surface area contributed by atoms with Gasteiger partial charge in [0.25, 0.3) is 0 Å². The van der Waals surface area contributed by atoms with Crippen LogP contribution >= 0.6 is 63.7 Å². The van der Waals surface area contributed by atoms with E-state index in [1.165, 1.54) is 131 Å². The van der Waals surface area contributed by atoms with E-state index in [1.54, 1.807) is 0 Å². The Kier molecular flexibility index (Phi) is 15.6. The number of fused-ring (bicyclic) bond motifs is 24. The molecule has 0 spiro atoms. The molecular formula is C108H64Br4N8. The Morgan fingerprint density at radius 2 is 0.383 bits per heavy atom. The summed E-state index contributed by atoms with van der Waals surface area (Å²) in [7, 11) is 0. The highest BCUT2D eigenvalue weighted by Crippen LogP contribution is 2.48. The predicted molar refractivity (Wildman–Crippen MR) is 520 cm³/mol. The van der Waals surface area contributed by atoms with Crippen molar-refractivity contribution in [2.45, 2.75) is 0 Å². The van der Waals surface area contributed by atoms with Gasteiger partial charge in [-0.25, -0.2) is 0 Å². The molecule has 4 N–H and O–H groups in total. The molecule has 0 unspecified atom stereocenters. The van der Waals surface area contributed by atoms with Crippen LogP contribution in [-0.2, 0) is 0 Å². The molecule has 26 rings (SSSR count). The van der Waals surface area contributed by atoms with E-state index in [9.17, 15) is 0 Å². The molecule has 0 saturated carbocycles. The van der Waals surface area contributed by atoms with Gasteiger partial charge in [0.1, 0.15) is 0 Å². The van der Waals surface area contributed by atoms with Gasteiger partial charge in [-0.1, -0.05) is 246 Å². The molecule has 0 fully saturated rings. The second-order valence-corrected chi connectivity index (χ2v) is 35.2. The highest BCUT2D eigenvalue weighted by molar-refractivity contribution is 9.11. The maximum absolute atomic E-state index is 4.02. The Hall–Kier alpha value is -13.7. The number of aromatic amines is 4. The third kappa shape index (κ3) is 10.7. The van der Waals surface area contributed by atoms with Crippen LogP contribution in [0.1, 0.15) is 0 Å². The first-order chi connectivity index (χ1) is 59.1. The molecule has 12 heteroatoms. The molecule has 0 saturated heterocycles. The fraction of sp³-hybridized carbons (Fsp3) is 0. The summed E-state index contributed by atoms with van der Waals surface area (Å²) in [5.41, 5.74) is 32.0. The maximum atomic E-state index is 4.02. The molecule has 0 aliphatic rings. The summed E-state index contributed by atoms with van der Waals surface area (Å²) < 4.78 is 14.0. The molecule has 0 atom stereocenters. The Morgan fingerprint density at radius 1 is 0.158 bits per heavy atom. The molecule has 0 aliphatic carbocycles. The van der Waals surface area contributed by atoms with Crippen molar-refractivity contribution in [3.63, 3.8) is 0 Å². The van der Waals surface area contributed by atoms with Gasteiger partial charge in [-0.15, -0.1) is 0 Å². The number of H-pyrrole nitrogens is 4. The third-order valence-electron chi connectivity index (χ3n) is 24.9. The van der Waals surface area contributed by atoms with Crippen molar-refractivity contribution < 1.29 is 0 Å². The monoisotopic (exact) mass is 1790 g/mol. The molecule has 564 valence electrons. The summed E-state index contributed by atoms with van der Waals surface area (Å²) in [6.45, 7) is 0. The number of para-hydroxylation sites is 8. The van der Waals surface area contributed by atoms with Crippen LogP contribution < -0.4 is 0 Å². The Balaban J connectivity index is 0.000000185. The van der Waals surface area contributed by atoms with Gasteiger partial charge in [0.2, 0.25) is 0 Å². The Bertz CT molecular complexity index is 8180. The summed E-state index contributed by atoms with van der Waals surface area (Å²) in [5.74, 6) is 0. The zero-order chi connectivity index (χ0) is 79.3. The fourth-order valence-corrected chi connectivity index (χ4v) is 21.4. The summed E-state index contributed by atoms with van der Waals surface area (Å²) >= 11 is 14.8. The average Bonchev–Trinajstić information content (AvgIpc) is 1.55. The summed E-state index contributed by atoms with van der Waals surface area (Å²) in [5, 5.41) is 19.4. The van der Waals surface area contributed by atoms with Crippen LogP contribution in [0.2, 0.25) is 0 Å². The summed E-state index contributed by atoms with van der Waals surface area (Å²) in [6, 6.07) is 133. The van der Waals surface area contributed by atoms with E-state index in [1.807, 2.05) is 0 Å². The van der Waals surface area contributed by atoms with Crippen LogP contribution in [-0.4, -0.2) is 38.2 Å². The van der Waals surface area contributed by atoms with Gasteiger partial charge in [-0.2, -0.15) is 0 Å². The van der Waals surface area contributed by atoms with E-state index in [4.69, 9.17) is 0 Å². The van der Waals surface area contributed by atoms with E-state index in [0.717, 1.165) is 129 Å². The molecule has 120 heavy (non-hydrogen) atoms. The quantitative estimate of drug-likeness (QED) is 0.117. The molecule has 18 aromatic carbocycles. The summed E-state index contributed by atoms with van der Waals surface area (Å²) in [4.78, 5) is 15.4. The van der Waals surface area contributed by atoms with E-state index < -0.39 is 0 Å².